The van der Waals surface area contributed by atoms with Gasteiger partial charge in [-0.2, -0.15) is 4.31 Å². The van der Waals surface area contributed by atoms with Crippen LogP contribution in [0.25, 0.3) is 0 Å². The smallest absolute Gasteiger partial charge is 0.243 e. The number of hydrogen-bond acceptors (Lipinski definition) is 3. The average molecular weight is 451 g/mol. The van der Waals surface area contributed by atoms with Crippen molar-refractivity contribution < 1.29 is 13.2 Å². The minimum Gasteiger partial charge on any atom is -0.355 e. The standard InChI is InChI=1S/C23H31ClN2O3S/c24-20-3-5-21(6-4-20)30(28,29)26-7-1-2-16(15-26)14-25-22(27)23-11-17-8-18(12-23)10-19(9-17)13-23/h3-6,16-19H,1-2,7-15H2,(H,25,27). The molecule has 6 rings (SSSR count). The maximum absolute atomic E-state index is 13.2. The summed E-state index contributed by atoms with van der Waals surface area (Å²) in [6, 6.07) is 6.36. The van der Waals surface area contributed by atoms with Crippen LogP contribution in [0.1, 0.15) is 51.4 Å². The SMILES string of the molecule is O=C(NCC1CCCN(S(=O)(=O)c2ccc(Cl)cc2)C1)C12CC3CC(CC(C3)C1)C2. The molecule has 1 amide bonds. The van der Waals surface area contributed by atoms with Gasteiger partial charge < -0.3 is 5.32 Å². The normalized spacial score (nSPS) is 36.0. The number of carbonyl (C=O) groups excluding carboxylic acids is 1. The van der Waals surface area contributed by atoms with Gasteiger partial charge in [-0.05, 0) is 99.3 Å². The van der Waals surface area contributed by atoms with Crippen molar-refractivity contribution in [3.63, 3.8) is 0 Å². The van der Waals surface area contributed by atoms with E-state index in [1.54, 1.807) is 28.6 Å². The number of halogens is 1. The van der Waals surface area contributed by atoms with Crippen LogP contribution in [0.15, 0.2) is 29.2 Å². The Labute approximate surface area is 184 Å². The molecule has 4 saturated carbocycles. The summed E-state index contributed by atoms with van der Waals surface area (Å²) in [6.07, 6.45) is 8.94. The molecule has 5 nitrogen and oxygen atoms in total. The molecule has 0 spiro atoms. The molecular formula is C23H31ClN2O3S. The van der Waals surface area contributed by atoms with Crippen molar-refractivity contribution >= 4 is 27.5 Å². The second-order valence-electron chi connectivity index (χ2n) is 10.2. The van der Waals surface area contributed by atoms with Crippen molar-refractivity contribution in [3.8, 4) is 0 Å². The molecule has 1 aromatic carbocycles. The van der Waals surface area contributed by atoms with E-state index < -0.39 is 10.0 Å². The van der Waals surface area contributed by atoms with Gasteiger partial charge in [-0.25, -0.2) is 8.42 Å². The Hall–Kier alpha value is -1.11. The summed E-state index contributed by atoms with van der Waals surface area (Å²) >= 11 is 5.91. The number of hydrogen-bond donors (Lipinski definition) is 1. The maximum atomic E-state index is 13.2. The van der Waals surface area contributed by atoms with Gasteiger partial charge in [0.2, 0.25) is 15.9 Å². The van der Waals surface area contributed by atoms with Gasteiger partial charge in [0, 0.05) is 30.1 Å². The highest BCUT2D eigenvalue weighted by atomic mass is 35.5. The molecule has 1 heterocycles. The third kappa shape index (κ3) is 3.80. The Kier molecular flexibility index (Phi) is 5.39. The molecule has 1 saturated heterocycles. The summed E-state index contributed by atoms with van der Waals surface area (Å²) in [5.74, 6) is 2.64. The van der Waals surface area contributed by atoms with Gasteiger partial charge in [0.05, 0.1) is 4.90 Å². The summed E-state index contributed by atoms with van der Waals surface area (Å²) in [5, 5.41) is 3.78. The number of carbonyl (C=O) groups is 1. The number of nitrogens with one attached hydrogen (secondary N) is 1. The van der Waals surface area contributed by atoms with Crippen LogP contribution in [0.4, 0.5) is 0 Å². The van der Waals surface area contributed by atoms with Crippen molar-refractivity contribution in [2.45, 2.75) is 56.3 Å². The van der Waals surface area contributed by atoms with E-state index in [0.29, 0.717) is 24.7 Å². The molecule has 5 fully saturated rings. The van der Waals surface area contributed by atoms with E-state index in [2.05, 4.69) is 5.32 Å². The van der Waals surface area contributed by atoms with Crippen molar-refractivity contribution in [3.05, 3.63) is 29.3 Å². The zero-order chi connectivity index (χ0) is 20.9. The first-order chi connectivity index (χ1) is 14.3. The summed E-state index contributed by atoms with van der Waals surface area (Å²) in [6.45, 7) is 1.57. The van der Waals surface area contributed by atoms with Crippen LogP contribution >= 0.6 is 11.6 Å². The lowest BCUT2D eigenvalue weighted by Gasteiger charge is -2.55. The molecule has 5 aliphatic rings. The fraction of sp³-hybridized carbons (Fsp3) is 0.696. The number of benzene rings is 1. The Balaban J connectivity index is 1.21. The molecule has 4 bridgehead atoms. The quantitative estimate of drug-likeness (QED) is 0.735. The van der Waals surface area contributed by atoms with Crippen molar-refractivity contribution in [2.75, 3.05) is 19.6 Å². The van der Waals surface area contributed by atoms with Gasteiger partial charge in [0.15, 0.2) is 0 Å². The maximum Gasteiger partial charge on any atom is 0.243 e. The van der Waals surface area contributed by atoms with Crippen molar-refractivity contribution in [2.24, 2.45) is 29.1 Å². The summed E-state index contributed by atoms with van der Waals surface area (Å²) in [5.41, 5.74) is -0.140. The van der Waals surface area contributed by atoms with Crippen LogP contribution in [0, 0.1) is 29.1 Å². The highest BCUT2D eigenvalue weighted by molar-refractivity contribution is 7.89. The van der Waals surface area contributed by atoms with E-state index in [4.69, 9.17) is 11.6 Å². The molecule has 1 aromatic rings. The van der Waals surface area contributed by atoms with Crippen LogP contribution in [0.3, 0.4) is 0 Å². The van der Waals surface area contributed by atoms with Gasteiger partial charge in [0.25, 0.3) is 0 Å². The highest BCUT2D eigenvalue weighted by Crippen LogP contribution is 2.60. The fourth-order valence-electron chi connectivity index (χ4n) is 6.98. The van der Waals surface area contributed by atoms with E-state index >= 15 is 0 Å². The van der Waals surface area contributed by atoms with Gasteiger partial charge in [-0.3, -0.25) is 4.79 Å². The van der Waals surface area contributed by atoms with Crippen LogP contribution in [-0.2, 0) is 14.8 Å². The molecule has 0 radical (unpaired) electrons. The number of amides is 1. The largest absolute Gasteiger partial charge is 0.355 e. The minimum atomic E-state index is -3.53. The van der Waals surface area contributed by atoms with Crippen LogP contribution in [0.5, 0.6) is 0 Å². The molecular weight excluding hydrogens is 420 g/mol. The molecule has 1 unspecified atom stereocenters. The minimum absolute atomic E-state index is 0.140. The lowest BCUT2D eigenvalue weighted by molar-refractivity contribution is -0.146. The summed E-state index contributed by atoms with van der Waals surface area (Å²) in [7, 11) is -3.53. The van der Waals surface area contributed by atoms with E-state index in [-0.39, 0.29) is 22.1 Å². The van der Waals surface area contributed by atoms with Gasteiger partial charge in [-0.15, -0.1) is 0 Å². The van der Waals surface area contributed by atoms with Crippen molar-refractivity contribution in [1.82, 2.24) is 9.62 Å². The van der Waals surface area contributed by atoms with Crippen LogP contribution in [-0.4, -0.2) is 38.3 Å². The first-order valence-electron chi connectivity index (χ1n) is 11.4. The Bertz CT molecular complexity index is 880. The van der Waals surface area contributed by atoms with Gasteiger partial charge in [0.1, 0.15) is 0 Å². The molecule has 4 aliphatic carbocycles. The Morgan fingerprint density at radius 2 is 1.67 bits per heavy atom. The molecule has 1 N–H and O–H groups in total. The predicted octanol–water partition coefficient (Wildman–Crippen LogP) is 4.07. The predicted molar refractivity (Wildman–Crippen MR) is 117 cm³/mol. The van der Waals surface area contributed by atoms with E-state index in [9.17, 15) is 13.2 Å². The average Bonchev–Trinajstić information content (AvgIpc) is 2.71. The van der Waals surface area contributed by atoms with Crippen molar-refractivity contribution in [1.29, 1.82) is 0 Å². The van der Waals surface area contributed by atoms with E-state index in [1.807, 2.05) is 0 Å². The number of sulfonamides is 1. The third-order valence-electron chi connectivity index (χ3n) is 8.00. The second kappa shape index (κ2) is 7.79. The summed E-state index contributed by atoms with van der Waals surface area (Å²) < 4.78 is 27.6. The number of piperidine rings is 1. The molecule has 0 aromatic heterocycles. The number of nitrogens with zero attached hydrogens (tertiary/aromatic N) is 1. The first kappa shape index (κ1) is 20.8. The molecule has 1 atom stereocenters. The molecule has 30 heavy (non-hydrogen) atoms. The Morgan fingerprint density at radius 3 is 2.27 bits per heavy atom. The lowest BCUT2D eigenvalue weighted by Crippen LogP contribution is -2.54. The molecule has 7 heteroatoms. The van der Waals surface area contributed by atoms with E-state index in [0.717, 1.165) is 49.9 Å². The zero-order valence-corrected chi connectivity index (χ0v) is 18.9. The monoisotopic (exact) mass is 450 g/mol. The second-order valence-corrected chi connectivity index (χ2v) is 12.6. The lowest BCUT2D eigenvalue weighted by atomic mass is 9.49. The fourth-order valence-corrected chi connectivity index (χ4v) is 8.66. The highest BCUT2D eigenvalue weighted by Gasteiger charge is 2.54. The zero-order valence-electron chi connectivity index (χ0n) is 17.4. The van der Waals surface area contributed by atoms with Crippen LogP contribution in [0.2, 0.25) is 5.02 Å². The topological polar surface area (TPSA) is 66.5 Å². The molecule has 164 valence electrons. The first-order valence-corrected chi connectivity index (χ1v) is 13.2. The summed E-state index contributed by atoms with van der Waals surface area (Å²) in [4.78, 5) is 13.5. The number of rotatable bonds is 5. The van der Waals surface area contributed by atoms with Crippen LogP contribution < -0.4 is 5.32 Å². The van der Waals surface area contributed by atoms with E-state index in [1.165, 1.54) is 19.3 Å². The molecule has 1 aliphatic heterocycles. The third-order valence-corrected chi connectivity index (χ3v) is 10.1. The Morgan fingerprint density at radius 1 is 1.07 bits per heavy atom. The van der Waals surface area contributed by atoms with Gasteiger partial charge >= 0.3 is 0 Å². The van der Waals surface area contributed by atoms with Gasteiger partial charge in [-0.1, -0.05) is 11.6 Å².